The number of aromatic nitrogens is 3. The van der Waals surface area contributed by atoms with Crippen LogP contribution in [0.1, 0.15) is 35.0 Å². The van der Waals surface area contributed by atoms with Crippen LogP contribution in [0.5, 0.6) is 5.75 Å². The van der Waals surface area contributed by atoms with Crippen molar-refractivity contribution >= 4 is 17.5 Å². The Morgan fingerprint density at radius 3 is 2.73 bits per heavy atom. The Bertz CT molecular complexity index is 932. The van der Waals surface area contributed by atoms with Crippen molar-refractivity contribution in [1.29, 1.82) is 0 Å². The van der Waals surface area contributed by atoms with Crippen molar-refractivity contribution in [3.63, 3.8) is 0 Å². The molecule has 3 rings (SSSR count). The number of carbonyl (C=O) groups excluding carboxylic acids is 2. The molecular formula is C19H20N4O3. The SMILES string of the molecule is CC(=O)Oc1ccc(C(=O)NCCCc2cnc3cc(C)nn3c2)cc1. The second kappa shape index (κ2) is 7.77. The van der Waals surface area contributed by atoms with Crippen molar-refractivity contribution in [2.24, 2.45) is 0 Å². The van der Waals surface area contributed by atoms with Crippen molar-refractivity contribution in [1.82, 2.24) is 19.9 Å². The maximum absolute atomic E-state index is 12.1. The molecule has 0 saturated carbocycles. The number of benzene rings is 1. The van der Waals surface area contributed by atoms with E-state index in [4.69, 9.17) is 4.74 Å². The molecule has 2 aromatic heterocycles. The fourth-order valence-corrected chi connectivity index (χ4v) is 2.60. The molecular weight excluding hydrogens is 332 g/mol. The van der Waals surface area contributed by atoms with Gasteiger partial charge in [0, 0.05) is 37.5 Å². The quantitative estimate of drug-likeness (QED) is 0.418. The van der Waals surface area contributed by atoms with E-state index in [2.05, 4.69) is 15.4 Å². The summed E-state index contributed by atoms with van der Waals surface area (Å²) in [6, 6.07) is 8.39. The molecule has 7 heteroatoms. The molecule has 0 fully saturated rings. The van der Waals surface area contributed by atoms with Crippen LogP contribution in [0, 0.1) is 6.92 Å². The molecule has 0 aliphatic carbocycles. The predicted octanol–water partition coefficient (Wildman–Crippen LogP) is 2.33. The molecule has 1 N–H and O–H groups in total. The van der Waals surface area contributed by atoms with Gasteiger partial charge in [-0.2, -0.15) is 5.10 Å². The average molecular weight is 352 g/mol. The minimum absolute atomic E-state index is 0.157. The number of fused-ring (bicyclic) bond motifs is 1. The molecule has 0 unspecified atom stereocenters. The number of carbonyl (C=O) groups is 2. The van der Waals surface area contributed by atoms with E-state index in [0.29, 0.717) is 17.9 Å². The van der Waals surface area contributed by atoms with Gasteiger partial charge in [-0.15, -0.1) is 0 Å². The lowest BCUT2D eigenvalue weighted by atomic mass is 10.1. The smallest absolute Gasteiger partial charge is 0.308 e. The van der Waals surface area contributed by atoms with Crippen LogP contribution >= 0.6 is 0 Å². The third-order valence-electron chi connectivity index (χ3n) is 3.79. The van der Waals surface area contributed by atoms with E-state index in [1.54, 1.807) is 28.8 Å². The number of nitrogens with one attached hydrogen (secondary N) is 1. The Hall–Kier alpha value is -3.22. The summed E-state index contributed by atoms with van der Waals surface area (Å²) in [4.78, 5) is 27.4. The number of hydrogen-bond donors (Lipinski definition) is 1. The van der Waals surface area contributed by atoms with Crippen LogP contribution in [0.4, 0.5) is 0 Å². The normalized spacial score (nSPS) is 10.7. The van der Waals surface area contributed by atoms with E-state index < -0.39 is 0 Å². The zero-order chi connectivity index (χ0) is 18.5. The standard InChI is InChI=1S/C19H20N4O3/c1-13-10-18-21-11-15(12-23(18)22-13)4-3-9-20-19(25)16-5-7-17(8-6-16)26-14(2)24/h5-8,10-12H,3-4,9H2,1-2H3,(H,20,25). The molecule has 3 aromatic rings. The maximum atomic E-state index is 12.1. The van der Waals surface area contributed by atoms with E-state index in [1.165, 1.54) is 6.92 Å². The predicted molar refractivity (Wildman–Crippen MR) is 96.1 cm³/mol. The Morgan fingerprint density at radius 2 is 2.00 bits per heavy atom. The number of ether oxygens (including phenoxy) is 1. The van der Waals surface area contributed by atoms with E-state index in [9.17, 15) is 9.59 Å². The van der Waals surface area contributed by atoms with E-state index in [1.807, 2.05) is 25.4 Å². The molecule has 1 amide bonds. The van der Waals surface area contributed by atoms with E-state index in [0.717, 1.165) is 29.7 Å². The van der Waals surface area contributed by atoms with Gasteiger partial charge in [0.15, 0.2) is 5.65 Å². The number of esters is 1. The Balaban J connectivity index is 1.47. The van der Waals surface area contributed by atoms with Crippen LogP contribution in [0.2, 0.25) is 0 Å². The first-order valence-electron chi connectivity index (χ1n) is 8.39. The van der Waals surface area contributed by atoms with E-state index >= 15 is 0 Å². The highest BCUT2D eigenvalue weighted by Crippen LogP contribution is 2.12. The molecule has 26 heavy (non-hydrogen) atoms. The molecule has 0 bridgehead atoms. The Morgan fingerprint density at radius 1 is 1.23 bits per heavy atom. The molecule has 0 radical (unpaired) electrons. The second-order valence-corrected chi connectivity index (χ2v) is 6.03. The van der Waals surface area contributed by atoms with Gasteiger partial charge in [-0.25, -0.2) is 9.50 Å². The first-order chi connectivity index (χ1) is 12.5. The third kappa shape index (κ3) is 4.44. The van der Waals surface area contributed by atoms with Crippen molar-refractivity contribution < 1.29 is 14.3 Å². The lowest BCUT2D eigenvalue weighted by molar-refractivity contribution is -0.131. The Kier molecular flexibility index (Phi) is 5.26. The van der Waals surface area contributed by atoms with Gasteiger partial charge in [0.05, 0.1) is 5.69 Å². The van der Waals surface area contributed by atoms with Crippen molar-refractivity contribution in [2.75, 3.05) is 6.54 Å². The summed E-state index contributed by atoms with van der Waals surface area (Å²) in [6.45, 7) is 3.82. The minimum Gasteiger partial charge on any atom is -0.427 e. The van der Waals surface area contributed by atoms with Crippen LogP contribution in [0.3, 0.4) is 0 Å². The summed E-state index contributed by atoms with van der Waals surface area (Å²) in [7, 11) is 0. The zero-order valence-electron chi connectivity index (χ0n) is 14.7. The van der Waals surface area contributed by atoms with Gasteiger partial charge in [0.1, 0.15) is 5.75 Å². The topological polar surface area (TPSA) is 85.6 Å². The van der Waals surface area contributed by atoms with Gasteiger partial charge in [0.25, 0.3) is 5.91 Å². The van der Waals surface area contributed by atoms with Crippen LogP contribution in [-0.2, 0) is 11.2 Å². The number of rotatable bonds is 6. The first-order valence-corrected chi connectivity index (χ1v) is 8.39. The van der Waals surface area contributed by atoms with Crippen LogP contribution < -0.4 is 10.1 Å². The highest BCUT2D eigenvalue weighted by molar-refractivity contribution is 5.94. The highest BCUT2D eigenvalue weighted by atomic mass is 16.5. The minimum atomic E-state index is -0.389. The van der Waals surface area contributed by atoms with Crippen LogP contribution in [0.25, 0.3) is 5.65 Å². The van der Waals surface area contributed by atoms with Gasteiger partial charge in [0.2, 0.25) is 0 Å². The zero-order valence-corrected chi connectivity index (χ0v) is 14.7. The molecule has 0 saturated heterocycles. The summed E-state index contributed by atoms with van der Waals surface area (Å²) in [5.74, 6) is -0.124. The number of hydrogen-bond acceptors (Lipinski definition) is 5. The van der Waals surface area contributed by atoms with Gasteiger partial charge in [-0.05, 0) is 49.6 Å². The third-order valence-corrected chi connectivity index (χ3v) is 3.79. The van der Waals surface area contributed by atoms with Gasteiger partial charge in [-0.1, -0.05) is 0 Å². The largest absolute Gasteiger partial charge is 0.427 e. The lowest BCUT2D eigenvalue weighted by Crippen LogP contribution is -2.24. The van der Waals surface area contributed by atoms with Crippen molar-refractivity contribution in [2.45, 2.75) is 26.7 Å². The number of aryl methyl sites for hydroxylation is 2. The van der Waals surface area contributed by atoms with Crippen molar-refractivity contribution in [3.8, 4) is 5.75 Å². The molecule has 0 aliphatic rings. The van der Waals surface area contributed by atoms with Gasteiger partial charge >= 0.3 is 5.97 Å². The fraction of sp³-hybridized carbons (Fsp3) is 0.263. The van der Waals surface area contributed by atoms with Crippen molar-refractivity contribution in [3.05, 3.63) is 59.5 Å². The lowest BCUT2D eigenvalue weighted by Gasteiger charge is -2.06. The molecule has 134 valence electrons. The average Bonchev–Trinajstić information content (AvgIpc) is 2.98. The van der Waals surface area contributed by atoms with Crippen LogP contribution in [-0.4, -0.2) is 33.0 Å². The molecule has 0 spiro atoms. The molecule has 0 atom stereocenters. The number of nitrogens with zero attached hydrogens (tertiary/aromatic N) is 3. The Labute approximate surface area is 151 Å². The van der Waals surface area contributed by atoms with Gasteiger partial charge in [-0.3, -0.25) is 9.59 Å². The second-order valence-electron chi connectivity index (χ2n) is 6.03. The molecule has 2 heterocycles. The first kappa shape index (κ1) is 17.6. The molecule has 0 aliphatic heterocycles. The summed E-state index contributed by atoms with van der Waals surface area (Å²) >= 11 is 0. The summed E-state index contributed by atoms with van der Waals surface area (Å²) in [5, 5.41) is 7.23. The fourth-order valence-electron chi connectivity index (χ4n) is 2.60. The van der Waals surface area contributed by atoms with E-state index in [-0.39, 0.29) is 11.9 Å². The molecule has 7 nitrogen and oxygen atoms in total. The highest BCUT2D eigenvalue weighted by Gasteiger charge is 2.06. The summed E-state index contributed by atoms with van der Waals surface area (Å²) in [5.41, 5.74) is 3.36. The summed E-state index contributed by atoms with van der Waals surface area (Å²) < 4.78 is 6.72. The maximum Gasteiger partial charge on any atom is 0.308 e. The number of amides is 1. The summed E-state index contributed by atoms with van der Waals surface area (Å²) in [6.07, 6.45) is 5.40. The van der Waals surface area contributed by atoms with Gasteiger partial charge < -0.3 is 10.1 Å². The molecule has 1 aromatic carbocycles. The monoisotopic (exact) mass is 352 g/mol. The van der Waals surface area contributed by atoms with Crippen LogP contribution in [0.15, 0.2) is 42.7 Å².